The highest BCUT2D eigenvalue weighted by Crippen LogP contribution is 2.27. The summed E-state index contributed by atoms with van der Waals surface area (Å²) in [7, 11) is 0. The average Bonchev–Trinajstić information content (AvgIpc) is 3.06. The first-order valence-corrected chi connectivity index (χ1v) is 8.62. The minimum atomic E-state index is -1.08. The van der Waals surface area contributed by atoms with Crippen molar-refractivity contribution < 1.29 is 24.5 Å². The molecule has 2 heterocycles. The van der Waals surface area contributed by atoms with Crippen molar-refractivity contribution in [3.05, 3.63) is 58.8 Å². The molecule has 2 aromatic rings. The number of benzene rings is 1. The van der Waals surface area contributed by atoms with Crippen molar-refractivity contribution >= 4 is 17.3 Å². The Kier molecular flexibility index (Phi) is 4.39. The van der Waals surface area contributed by atoms with E-state index >= 15 is 0 Å². The zero-order valence-corrected chi connectivity index (χ0v) is 14.7. The van der Waals surface area contributed by atoms with Crippen molar-refractivity contribution in [1.82, 2.24) is 9.55 Å². The maximum atomic E-state index is 13.0. The Bertz CT molecular complexity index is 945. The summed E-state index contributed by atoms with van der Waals surface area (Å²) >= 11 is 0. The van der Waals surface area contributed by atoms with E-state index in [1.165, 1.54) is 6.08 Å². The zero-order valence-electron chi connectivity index (χ0n) is 14.7. The van der Waals surface area contributed by atoms with Crippen LogP contribution in [-0.2, 0) is 17.9 Å². The number of aromatic nitrogens is 2. The standard InChI is InChI=1S/C19H19N3O5/c1-10-2-4-11(5-3-10)20-12-6-13(24)17-18(19(12)26)22-7-15(14(25)8-23)27-9-16(22)21-17/h2-6,14-15,20,23,25H,7-9H2,1H3/t14-,15+/m1/s1. The van der Waals surface area contributed by atoms with E-state index < -0.39 is 18.8 Å². The summed E-state index contributed by atoms with van der Waals surface area (Å²) in [5.41, 5.74) is 2.23. The van der Waals surface area contributed by atoms with Gasteiger partial charge in [0.25, 0.3) is 0 Å². The van der Waals surface area contributed by atoms with Crippen molar-refractivity contribution in [3.63, 3.8) is 0 Å². The number of hydrogen-bond donors (Lipinski definition) is 3. The van der Waals surface area contributed by atoms with Crippen molar-refractivity contribution in [2.75, 3.05) is 11.9 Å². The molecule has 8 nitrogen and oxygen atoms in total. The van der Waals surface area contributed by atoms with Crippen LogP contribution in [0.4, 0.5) is 5.69 Å². The van der Waals surface area contributed by atoms with Crippen LogP contribution in [-0.4, -0.2) is 50.1 Å². The fourth-order valence-electron chi connectivity index (χ4n) is 3.25. The van der Waals surface area contributed by atoms with Gasteiger partial charge in [0, 0.05) is 11.8 Å². The summed E-state index contributed by atoms with van der Waals surface area (Å²) in [6, 6.07) is 7.47. The van der Waals surface area contributed by atoms with Crippen LogP contribution in [0.15, 0.2) is 36.0 Å². The Hall–Kier alpha value is -2.81. The van der Waals surface area contributed by atoms with E-state index in [0.29, 0.717) is 11.5 Å². The van der Waals surface area contributed by atoms with Crippen LogP contribution in [0.25, 0.3) is 0 Å². The number of rotatable bonds is 4. The number of fused-ring (bicyclic) bond motifs is 3. The lowest BCUT2D eigenvalue weighted by atomic mass is 10.0. The topological polar surface area (TPSA) is 114 Å². The monoisotopic (exact) mass is 369 g/mol. The van der Waals surface area contributed by atoms with Gasteiger partial charge in [-0.25, -0.2) is 4.98 Å². The second-order valence-corrected chi connectivity index (χ2v) is 6.68. The number of allylic oxidation sites excluding steroid dienone is 2. The van der Waals surface area contributed by atoms with Gasteiger partial charge in [0.05, 0.1) is 18.8 Å². The zero-order chi connectivity index (χ0) is 19.1. The minimum absolute atomic E-state index is 0.0516. The number of carbonyl (C=O) groups is 2. The van der Waals surface area contributed by atoms with E-state index in [0.717, 1.165) is 5.56 Å². The summed E-state index contributed by atoms with van der Waals surface area (Å²) in [5, 5.41) is 22.0. The van der Waals surface area contributed by atoms with Crippen LogP contribution in [0.2, 0.25) is 0 Å². The molecule has 0 bridgehead atoms. The predicted molar refractivity (Wildman–Crippen MR) is 95.4 cm³/mol. The lowest BCUT2D eigenvalue weighted by Crippen LogP contribution is -2.40. The largest absolute Gasteiger partial charge is 0.394 e. The summed E-state index contributed by atoms with van der Waals surface area (Å²) in [6.45, 7) is 1.69. The molecule has 140 valence electrons. The first-order chi connectivity index (χ1) is 13.0. The number of imidazole rings is 1. The molecule has 2 aliphatic rings. The molecule has 0 spiro atoms. The number of ketones is 2. The number of aliphatic hydroxyl groups excluding tert-OH is 2. The number of Topliss-reactive ketones (excluding diaryl/α,β-unsaturated/α-hetero) is 1. The molecule has 1 aromatic heterocycles. The summed E-state index contributed by atoms with van der Waals surface area (Å²) in [6.07, 6.45) is -0.501. The van der Waals surface area contributed by atoms with E-state index in [4.69, 9.17) is 9.84 Å². The van der Waals surface area contributed by atoms with Crippen LogP contribution in [0, 0.1) is 6.92 Å². The second-order valence-electron chi connectivity index (χ2n) is 6.68. The Morgan fingerprint density at radius 3 is 2.78 bits per heavy atom. The number of nitrogens with one attached hydrogen (secondary N) is 1. The normalized spacial score (nSPS) is 20.0. The lowest BCUT2D eigenvalue weighted by Gasteiger charge is -2.28. The van der Waals surface area contributed by atoms with Crippen molar-refractivity contribution in [2.45, 2.75) is 32.3 Å². The van der Waals surface area contributed by atoms with Crippen molar-refractivity contribution in [2.24, 2.45) is 0 Å². The minimum Gasteiger partial charge on any atom is -0.394 e. The van der Waals surface area contributed by atoms with Crippen molar-refractivity contribution in [3.8, 4) is 0 Å². The molecule has 1 aromatic carbocycles. The van der Waals surface area contributed by atoms with Crippen LogP contribution < -0.4 is 5.32 Å². The van der Waals surface area contributed by atoms with Gasteiger partial charge in [0.15, 0.2) is 0 Å². The maximum absolute atomic E-state index is 13.0. The third-order valence-corrected chi connectivity index (χ3v) is 4.75. The van der Waals surface area contributed by atoms with E-state index in [1.54, 1.807) is 4.57 Å². The molecular formula is C19H19N3O5. The Balaban J connectivity index is 1.66. The van der Waals surface area contributed by atoms with Gasteiger partial charge in [0.2, 0.25) is 11.6 Å². The molecule has 0 unspecified atom stereocenters. The quantitative estimate of drug-likeness (QED) is 0.731. The van der Waals surface area contributed by atoms with Gasteiger partial charge in [0.1, 0.15) is 36.0 Å². The molecule has 8 heteroatoms. The summed E-state index contributed by atoms with van der Waals surface area (Å²) in [4.78, 5) is 29.8. The lowest BCUT2D eigenvalue weighted by molar-refractivity contribution is -0.0873. The Morgan fingerprint density at radius 1 is 1.33 bits per heavy atom. The van der Waals surface area contributed by atoms with Crippen LogP contribution >= 0.6 is 0 Å². The van der Waals surface area contributed by atoms with Gasteiger partial charge in [-0.05, 0) is 19.1 Å². The van der Waals surface area contributed by atoms with Crippen LogP contribution in [0.1, 0.15) is 32.4 Å². The van der Waals surface area contributed by atoms with E-state index in [2.05, 4.69) is 10.3 Å². The highest BCUT2D eigenvalue weighted by atomic mass is 16.5. The number of aliphatic hydroxyl groups is 2. The third-order valence-electron chi connectivity index (χ3n) is 4.75. The number of aryl methyl sites for hydroxylation is 1. The fraction of sp³-hybridized carbons (Fsp3) is 0.316. The molecule has 1 aliphatic carbocycles. The predicted octanol–water partition coefficient (Wildman–Crippen LogP) is 0.819. The maximum Gasteiger partial charge on any atom is 0.228 e. The molecule has 1 aliphatic heterocycles. The number of anilines is 1. The molecule has 27 heavy (non-hydrogen) atoms. The highest BCUT2D eigenvalue weighted by Gasteiger charge is 2.36. The number of nitrogens with zero attached hydrogens (tertiary/aromatic N) is 2. The molecule has 0 saturated heterocycles. The molecule has 3 N–H and O–H groups in total. The highest BCUT2D eigenvalue weighted by molar-refractivity contribution is 6.24. The molecule has 0 saturated carbocycles. The number of carbonyl (C=O) groups excluding carboxylic acids is 2. The van der Waals surface area contributed by atoms with E-state index in [1.807, 2.05) is 31.2 Å². The van der Waals surface area contributed by atoms with Gasteiger partial charge in [-0.2, -0.15) is 0 Å². The average molecular weight is 369 g/mol. The smallest absolute Gasteiger partial charge is 0.228 e. The van der Waals surface area contributed by atoms with E-state index in [9.17, 15) is 14.7 Å². The molecule has 4 rings (SSSR count). The molecular weight excluding hydrogens is 350 g/mol. The van der Waals surface area contributed by atoms with Crippen LogP contribution in [0.3, 0.4) is 0 Å². The van der Waals surface area contributed by atoms with Gasteiger partial charge in [-0.1, -0.05) is 17.7 Å². The first kappa shape index (κ1) is 17.6. The molecule has 0 fully saturated rings. The second kappa shape index (κ2) is 6.73. The van der Waals surface area contributed by atoms with Gasteiger partial charge >= 0.3 is 0 Å². The molecule has 0 radical (unpaired) electrons. The first-order valence-electron chi connectivity index (χ1n) is 8.62. The van der Waals surface area contributed by atoms with Gasteiger partial charge < -0.3 is 24.8 Å². The number of hydrogen-bond acceptors (Lipinski definition) is 7. The summed E-state index contributed by atoms with van der Waals surface area (Å²) < 4.78 is 7.09. The van der Waals surface area contributed by atoms with E-state index in [-0.39, 0.29) is 41.8 Å². The Labute approximate surface area is 155 Å². The third kappa shape index (κ3) is 3.08. The summed E-state index contributed by atoms with van der Waals surface area (Å²) in [5.74, 6) is -0.253. The SMILES string of the molecule is Cc1ccc(NC2=CC(=O)c3nc4n(c3C2=O)C[C@@H]([C@H](O)CO)OC4)cc1. The molecule has 0 amide bonds. The van der Waals surface area contributed by atoms with Gasteiger partial charge in [-0.15, -0.1) is 0 Å². The van der Waals surface area contributed by atoms with Gasteiger partial charge in [-0.3, -0.25) is 9.59 Å². The van der Waals surface area contributed by atoms with Crippen molar-refractivity contribution in [1.29, 1.82) is 0 Å². The Morgan fingerprint density at radius 2 is 2.07 bits per heavy atom. The number of ether oxygens (including phenoxy) is 1. The van der Waals surface area contributed by atoms with Crippen LogP contribution in [0.5, 0.6) is 0 Å². The molecule has 2 atom stereocenters. The fourth-order valence-corrected chi connectivity index (χ4v) is 3.25.